The van der Waals surface area contributed by atoms with E-state index in [9.17, 15) is 19.8 Å². The van der Waals surface area contributed by atoms with Crippen molar-refractivity contribution in [1.29, 1.82) is 0 Å². The summed E-state index contributed by atoms with van der Waals surface area (Å²) in [6.45, 7) is 4.60. The fourth-order valence-electron chi connectivity index (χ4n) is 10.2. The molecule has 4 nitrogen and oxygen atoms in total. The molecule has 408 valence electrons. The molecule has 0 aliphatic heterocycles. The van der Waals surface area contributed by atoms with Crippen molar-refractivity contribution in [3.8, 4) is 0 Å². The van der Waals surface area contributed by atoms with Crippen LogP contribution in [-0.2, 0) is 9.59 Å². The molecule has 0 aromatic carbocycles. The number of carbonyl (C=O) groups is 2. The van der Waals surface area contributed by atoms with Gasteiger partial charge in [0.1, 0.15) is 0 Å². The number of aliphatic carboxylic acids is 2. The van der Waals surface area contributed by atoms with Crippen LogP contribution in [0.3, 0.4) is 0 Å². The normalized spacial score (nSPS) is 11.2. The van der Waals surface area contributed by atoms with E-state index in [4.69, 9.17) is 0 Å². The molecule has 0 rings (SSSR count). The monoisotopic (exact) mass is 999 g/mol. The minimum Gasteiger partial charge on any atom is -0.550 e. The van der Waals surface area contributed by atoms with Crippen LogP contribution in [0.1, 0.15) is 399 Å². The molecule has 0 aliphatic carbocycles. The van der Waals surface area contributed by atoms with Crippen molar-refractivity contribution in [1.82, 2.24) is 0 Å². The molecular formula is C64H126CaO4. The van der Waals surface area contributed by atoms with E-state index in [1.165, 1.54) is 347 Å². The quantitative estimate of drug-likeness (QED) is 0.0449. The van der Waals surface area contributed by atoms with Crippen LogP contribution < -0.4 is 10.2 Å². The van der Waals surface area contributed by atoms with Crippen molar-refractivity contribution in [2.24, 2.45) is 0 Å². The Bertz CT molecular complexity index is 838. The molecular weight excluding hydrogens is 873 g/mol. The number of hydrogen-bond acceptors (Lipinski definition) is 4. The van der Waals surface area contributed by atoms with Crippen LogP contribution in [0.5, 0.6) is 0 Å². The first-order valence-corrected chi connectivity index (χ1v) is 31.9. The van der Waals surface area contributed by atoms with Crippen LogP contribution in [0.15, 0.2) is 0 Å². The van der Waals surface area contributed by atoms with Gasteiger partial charge in [-0.15, -0.1) is 0 Å². The van der Waals surface area contributed by atoms with Gasteiger partial charge in [0.25, 0.3) is 0 Å². The van der Waals surface area contributed by atoms with E-state index in [2.05, 4.69) is 13.8 Å². The van der Waals surface area contributed by atoms with Gasteiger partial charge in [-0.05, 0) is 25.7 Å². The molecule has 69 heavy (non-hydrogen) atoms. The zero-order valence-corrected chi connectivity index (χ0v) is 50.0. The summed E-state index contributed by atoms with van der Waals surface area (Å²) in [5.41, 5.74) is 0. The summed E-state index contributed by atoms with van der Waals surface area (Å²) in [5, 5.41) is 20.7. The fraction of sp³-hybridized carbons (Fsp3) is 0.969. The third kappa shape index (κ3) is 77.3. The maximum absolute atomic E-state index is 10.3. The number of carbonyl (C=O) groups excluding carboxylic acids is 2. The maximum atomic E-state index is 10.3. The molecule has 0 atom stereocenters. The summed E-state index contributed by atoms with van der Waals surface area (Å²) in [7, 11) is 0. The average molecular weight is 1000 g/mol. The number of carboxylic acid groups (broad SMARTS) is 2. The van der Waals surface area contributed by atoms with E-state index >= 15 is 0 Å². The van der Waals surface area contributed by atoms with Crippen molar-refractivity contribution >= 4 is 49.7 Å². The smallest absolute Gasteiger partial charge is 0.550 e. The first kappa shape index (κ1) is 73.4. The van der Waals surface area contributed by atoms with Gasteiger partial charge in [-0.25, -0.2) is 0 Å². The number of unbranched alkanes of at least 4 members (excludes halogenated alkanes) is 56. The van der Waals surface area contributed by atoms with E-state index in [1.807, 2.05) is 0 Å². The first-order valence-electron chi connectivity index (χ1n) is 31.9. The maximum Gasteiger partial charge on any atom is 2.00 e. The zero-order valence-electron chi connectivity index (χ0n) is 47.8. The largest absolute Gasteiger partial charge is 2.00 e. The standard InChI is InChI=1S/2C32H64O2.Ca/c2*1-2-3-4-5-6-7-8-9-10-11-12-13-14-15-16-17-18-19-20-21-22-23-24-25-26-27-28-29-30-31-32(33)34;/h2*2-31H2,1H3,(H,33,34);/q;;+2/p-2. The van der Waals surface area contributed by atoms with Gasteiger partial charge in [-0.3, -0.25) is 0 Å². The molecule has 0 saturated carbocycles. The third-order valence-corrected chi connectivity index (χ3v) is 15.0. The van der Waals surface area contributed by atoms with E-state index in [0.717, 1.165) is 25.7 Å². The van der Waals surface area contributed by atoms with Crippen LogP contribution in [0.4, 0.5) is 0 Å². The Morgan fingerprint density at radius 3 is 0.362 bits per heavy atom. The van der Waals surface area contributed by atoms with Crippen molar-refractivity contribution in [3.63, 3.8) is 0 Å². The van der Waals surface area contributed by atoms with Gasteiger partial charge in [0.2, 0.25) is 0 Å². The molecule has 0 aromatic heterocycles. The Kier molecular flexibility index (Phi) is 74.8. The summed E-state index contributed by atoms with van der Waals surface area (Å²) in [4.78, 5) is 20.7. The molecule has 5 heteroatoms. The molecule has 0 bridgehead atoms. The molecule has 0 fully saturated rings. The van der Waals surface area contributed by atoms with Crippen molar-refractivity contribution in [2.45, 2.75) is 399 Å². The summed E-state index contributed by atoms with van der Waals surface area (Å²) >= 11 is 0. The van der Waals surface area contributed by atoms with Crippen LogP contribution in [0, 0.1) is 0 Å². The Hall–Kier alpha value is 0.200. The van der Waals surface area contributed by atoms with Crippen molar-refractivity contribution < 1.29 is 19.8 Å². The van der Waals surface area contributed by atoms with Crippen LogP contribution in [0.2, 0.25) is 0 Å². The molecule has 0 amide bonds. The summed E-state index contributed by atoms with van der Waals surface area (Å²) < 4.78 is 0. The van der Waals surface area contributed by atoms with Crippen LogP contribution in [-0.4, -0.2) is 49.7 Å². The molecule has 0 unspecified atom stereocenters. The summed E-state index contributed by atoms with van der Waals surface area (Å²) in [6, 6.07) is 0. The topological polar surface area (TPSA) is 80.3 Å². The molecule has 0 aliphatic rings. The SMILES string of the molecule is CCCCCCCCCCCCCCCCCCCCCCCCCCCCCCCC(=O)[O-].CCCCCCCCCCCCCCCCCCCCCCCCCCCCCCCC(=O)[O-].[Ca+2]. The van der Waals surface area contributed by atoms with Crippen molar-refractivity contribution in [3.05, 3.63) is 0 Å². The van der Waals surface area contributed by atoms with Gasteiger partial charge >= 0.3 is 37.7 Å². The molecule has 0 saturated heterocycles. The molecule has 0 N–H and O–H groups in total. The van der Waals surface area contributed by atoms with Gasteiger partial charge in [0.05, 0.1) is 0 Å². The predicted octanol–water partition coefficient (Wildman–Crippen LogP) is 20.5. The second-order valence-corrected chi connectivity index (χ2v) is 22.0. The second kappa shape index (κ2) is 70.3. The molecule has 0 aromatic rings. The Labute approximate surface area is 465 Å². The van der Waals surface area contributed by atoms with Gasteiger partial charge in [0, 0.05) is 11.9 Å². The van der Waals surface area contributed by atoms with Crippen LogP contribution >= 0.6 is 0 Å². The van der Waals surface area contributed by atoms with Gasteiger partial charge in [-0.2, -0.15) is 0 Å². The summed E-state index contributed by atoms with van der Waals surface area (Å²) in [5.74, 6) is -1.80. The molecule has 0 spiro atoms. The van der Waals surface area contributed by atoms with E-state index in [1.54, 1.807) is 0 Å². The molecule has 0 radical (unpaired) electrons. The number of hydrogen-bond donors (Lipinski definition) is 0. The Balaban J connectivity index is -0.00000124. The third-order valence-electron chi connectivity index (χ3n) is 15.0. The number of carboxylic acids is 2. The minimum absolute atomic E-state index is 0. The van der Waals surface area contributed by atoms with E-state index in [0.29, 0.717) is 0 Å². The second-order valence-electron chi connectivity index (χ2n) is 22.0. The van der Waals surface area contributed by atoms with Crippen LogP contribution in [0.25, 0.3) is 0 Å². The van der Waals surface area contributed by atoms with E-state index < -0.39 is 11.9 Å². The number of rotatable bonds is 60. The fourth-order valence-corrected chi connectivity index (χ4v) is 10.2. The van der Waals surface area contributed by atoms with Gasteiger partial charge in [0.15, 0.2) is 0 Å². The Morgan fingerprint density at radius 2 is 0.275 bits per heavy atom. The summed E-state index contributed by atoms with van der Waals surface area (Å²) in [6.07, 6.45) is 81.2. The van der Waals surface area contributed by atoms with Crippen molar-refractivity contribution in [2.75, 3.05) is 0 Å². The van der Waals surface area contributed by atoms with E-state index in [-0.39, 0.29) is 50.6 Å². The van der Waals surface area contributed by atoms with Gasteiger partial charge < -0.3 is 19.8 Å². The minimum atomic E-state index is -0.898. The Morgan fingerprint density at radius 1 is 0.188 bits per heavy atom. The average Bonchev–Trinajstić information content (AvgIpc) is 3.33. The molecule has 0 heterocycles. The first-order chi connectivity index (χ1) is 33.5. The zero-order chi connectivity index (χ0) is 49.6. The van der Waals surface area contributed by atoms with Gasteiger partial charge in [-0.1, -0.05) is 373 Å². The predicted molar refractivity (Wildman–Crippen MR) is 304 cm³/mol.